The number of aromatic nitrogens is 4. The first-order chi connectivity index (χ1) is 8.59. The molecule has 2 aromatic rings. The zero-order valence-electron chi connectivity index (χ0n) is 10.8. The molecule has 0 unspecified atom stereocenters. The zero-order chi connectivity index (χ0) is 13.1. The standard InChI is InChI=1S/C11H18N6O/c1-7(2)17-11(10(12)8(3)15-17)13-5-4-9-14-6-18-16-9/h6-7,13H,4-5,12H2,1-3H3. The van der Waals surface area contributed by atoms with Crippen LogP contribution in [0.4, 0.5) is 11.5 Å². The van der Waals surface area contributed by atoms with Gasteiger partial charge < -0.3 is 15.6 Å². The van der Waals surface area contributed by atoms with Crippen LogP contribution in [0.3, 0.4) is 0 Å². The molecule has 0 saturated carbocycles. The first-order valence-corrected chi connectivity index (χ1v) is 5.93. The van der Waals surface area contributed by atoms with Gasteiger partial charge in [0.25, 0.3) is 0 Å². The lowest BCUT2D eigenvalue weighted by atomic mass is 10.3. The second kappa shape index (κ2) is 5.07. The van der Waals surface area contributed by atoms with Crippen molar-refractivity contribution in [3.05, 3.63) is 17.9 Å². The molecule has 2 aromatic heterocycles. The maximum Gasteiger partial charge on any atom is 0.213 e. The molecule has 0 bridgehead atoms. The summed E-state index contributed by atoms with van der Waals surface area (Å²) in [5, 5.41) is 11.4. The number of nitrogens with zero attached hydrogens (tertiary/aromatic N) is 4. The van der Waals surface area contributed by atoms with Crippen molar-refractivity contribution in [3.8, 4) is 0 Å². The van der Waals surface area contributed by atoms with Crippen LogP contribution in [0.25, 0.3) is 0 Å². The minimum atomic E-state index is 0.258. The minimum absolute atomic E-state index is 0.258. The van der Waals surface area contributed by atoms with E-state index >= 15 is 0 Å². The third-order valence-electron chi connectivity index (χ3n) is 2.67. The second-order valence-electron chi connectivity index (χ2n) is 4.41. The molecule has 98 valence electrons. The van der Waals surface area contributed by atoms with E-state index in [0.29, 0.717) is 24.5 Å². The van der Waals surface area contributed by atoms with Gasteiger partial charge in [-0.25, -0.2) is 4.68 Å². The molecule has 0 amide bonds. The average molecular weight is 250 g/mol. The molecule has 0 saturated heterocycles. The molecule has 7 nitrogen and oxygen atoms in total. The van der Waals surface area contributed by atoms with Gasteiger partial charge in [0.05, 0.1) is 11.4 Å². The first kappa shape index (κ1) is 12.4. The Labute approximate surface area is 105 Å². The van der Waals surface area contributed by atoms with Crippen molar-refractivity contribution in [2.24, 2.45) is 0 Å². The Kier molecular flexibility index (Phi) is 3.50. The Bertz CT molecular complexity index is 502. The van der Waals surface area contributed by atoms with Crippen LogP contribution >= 0.6 is 0 Å². The van der Waals surface area contributed by atoms with Crippen LogP contribution in [0.5, 0.6) is 0 Å². The monoisotopic (exact) mass is 250 g/mol. The Hall–Kier alpha value is -2.05. The van der Waals surface area contributed by atoms with Crippen molar-refractivity contribution in [2.45, 2.75) is 33.2 Å². The molecule has 0 aliphatic heterocycles. The maximum atomic E-state index is 6.01. The second-order valence-corrected chi connectivity index (χ2v) is 4.41. The summed E-state index contributed by atoms with van der Waals surface area (Å²) in [5.74, 6) is 1.53. The van der Waals surface area contributed by atoms with E-state index in [0.717, 1.165) is 11.5 Å². The molecule has 0 aliphatic rings. The molecule has 3 N–H and O–H groups in total. The third-order valence-corrected chi connectivity index (χ3v) is 2.67. The van der Waals surface area contributed by atoms with Gasteiger partial charge >= 0.3 is 0 Å². The Balaban J connectivity index is 2.04. The minimum Gasteiger partial charge on any atom is -0.394 e. The maximum absolute atomic E-state index is 6.01. The number of hydrogen-bond acceptors (Lipinski definition) is 6. The van der Waals surface area contributed by atoms with Crippen LogP contribution in [0.15, 0.2) is 10.9 Å². The largest absolute Gasteiger partial charge is 0.394 e. The number of aryl methyl sites for hydroxylation is 1. The van der Waals surface area contributed by atoms with Crippen LogP contribution in [0.1, 0.15) is 31.4 Å². The zero-order valence-corrected chi connectivity index (χ0v) is 10.8. The van der Waals surface area contributed by atoms with Crippen LogP contribution < -0.4 is 11.1 Å². The van der Waals surface area contributed by atoms with E-state index in [9.17, 15) is 0 Å². The summed E-state index contributed by atoms with van der Waals surface area (Å²) in [6.45, 7) is 6.71. The highest BCUT2D eigenvalue weighted by Crippen LogP contribution is 2.25. The van der Waals surface area contributed by atoms with E-state index in [-0.39, 0.29) is 6.04 Å². The van der Waals surface area contributed by atoms with Gasteiger partial charge in [0.2, 0.25) is 6.39 Å². The van der Waals surface area contributed by atoms with E-state index in [1.165, 1.54) is 6.39 Å². The van der Waals surface area contributed by atoms with Crippen molar-refractivity contribution in [2.75, 3.05) is 17.6 Å². The van der Waals surface area contributed by atoms with E-state index in [4.69, 9.17) is 5.73 Å². The molecule has 2 heterocycles. The van der Waals surface area contributed by atoms with Gasteiger partial charge in [0, 0.05) is 19.0 Å². The number of nitrogens with one attached hydrogen (secondary N) is 1. The quantitative estimate of drug-likeness (QED) is 0.832. The molecule has 0 aliphatic carbocycles. The van der Waals surface area contributed by atoms with E-state index < -0.39 is 0 Å². The number of hydrogen-bond donors (Lipinski definition) is 2. The predicted molar refractivity (Wildman–Crippen MR) is 68.3 cm³/mol. The summed E-state index contributed by atoms with van der Waals surface area (Å²) in [6, 6.07) is 0.258. The highest BCUT2D eigenvalue weighted by Gasteiger charge is 2.14. The molecule has 7 heteroatoms. The van der Waals surface area contributed by atoms with Gasteiger partial charge in [0.1, 0.15) is 5.82 Å². The highest BCUT2D eigenvalue weighted by molar-refractivity contribution is 5.64. The van der Waals surface area contributed by atoms with Crippen LogP contribution in [-0.4, -0.2) is 26.5 Å². The number of nitrogens with two attached hydrogens (primary N) is 1. The lowest BCUT2D eigenvalue weighted by Gasteiger charge is -2.12. The van der Waals surface area contributed by atoms with Crippen molar-refractivity contribution < 1.29 is 4.52 Å². The van der Waals surface area contributed by atoms with Crippen LogP contribution in [0.2, 0.25) is 0 Å². The average Bonchev–Trinajstić information content (AvgIpc) is 2.92. The summed E-state index contributed by atoms with van der Waals surface area (Å²) in [4.78, 5) is 3.96. The lowest BCUT2D eigenvalue weighted by Crippen LogP contribution is -2.13. The van der Waals surface area contributed by atoms with Gasteiger partial charge in [-0.2, -0.15) is 10.1 Å². The SMILES string of the molecule is Cc1nn(C(C)C)c(NCCc2ncon2)c1N. The van der Waals surface area contributed by atoms with Crippen molar-refractivity contribution >= 4 is 11.5 Å². The molecular formula is C11H18N6O. The van der Waals surface area contributed by atoms with Crippen molar-refractivity contribution in [1.29, 1.82) is 0 Å². The van der Waals surface area contributed by atoms with Crippen LogP contribution in [0, 0.1) is 6.92 Å². The lowest BCUT2D eigenvalue weighted by molar-refractivity contribution is 0.410. The fraction of sp³-hybridized carbons (Fsp3) is 0.545. The summed E-state index contributed by atoms with van der Waals surface area (Å²) in [6.07, 6.45) is 2.00. The Morgan fingerprint density at radius 1 is 1.50 bits per heavy atom. The topological polar surface area (TPSA) is 94.8 Å². The van der Waals surface area contributed by atoms with E-state index in [1.54, 1.807) is 0 Å². The summed E-state index contributed by atoms with van der Waals surface area (Å²) in [5.41, 5.74) is 7.54. The molecule has 2 rings (SSSR count). The smallest absolute Gasteiger partial charge is 0.213 e. The number of nitrogen functional groups attached to an aromatic ring is 1. The predicted octanol–water partition coefficient (Wildman–Crippen LogP) is 1.39. The summed E-state index contributed by atoms with van der Waals surface area (Å²) < 4.78 is 6.57. The van der Waals surface area contributed by atoms with Gasteiger partial charge in [0.15, 0.2) is 5.82 Å². The molecule has 0 fully saturated rings. The normalized spacial score (nSPS) is 11.1. The Morgan fingerprint density at radius 2 is 2.28 bits per heavy atom. The summed E-state index contributed by atoms with van der Waals surface area (Å²) in [7, 11) is 0. The van der Waals surface area contributed by atoms with E-state index in [1.807, 2.05) is 11.6 Å². The molecule has 0 aromatic carbocycles. The van der Waals surface area contributed by atoms with Crippen molar-refractivity contribution in [1.82, 2.24) is 19.9 Å². The number of anilines is 2. The fourth-order valence-electron chi connectivity index (χ4n) is 1.71. The molecular weight excluding hydrogens is 232 g/mol. The fourth-order valence-corrected chi connectivity index (χ4v) is 1.71. The number of rotatable bonds is 5. The molecule has 0 spiro atoms. The van der Waals surface area contributed by atoms with Gasteiger partial charge in [-0.05, 0) is 20.8 Å². The van der Waals surface area contributed by atoms with Gasteiger partial charge in [-0.15, -0.1) is 0 Å². The van der Waals surface area contributed by atoms with E-state index in [2.05, 4.69) is 38.9 Å². The van der Waals surface area contributed by atoms with Crippen LogP contribution in [-0.2, 0) is 6.42 Å². The van der Waals surface area contributed by atoms with Crippen molar-refractivity contribution in [3.63, 3.8) is 0 Å². The van der Waals surface area contributed by atoms with Gasteiger partial charge in [-0.3, -0.25) is 0 Å². The highest BCUT2D eigenvalue weighted by atomic mass is 16.5. The summed E-state index contributed by atoms with van der Waals surface area (Å²) >= 11 is 0. The Morgan fingerprint density at radius 3 is 2.89 bits per heavy atom. The molecule has 18 heavy (non-hydrogen) atoms. The molecule has 0 atom stereocenters. The third kappa shape index (κ3) is 2.44. The first-order valence-electron chi connectivity index (χ1n) is 5.93. The van der Waals surface area contributed by atoms with Gasteiger partial charge in [-0.1, -0.05) is 5.16 Å². The molecule has 0 radical (unpaired) electrons.